The van der Waals surface area contributed by atoms with Crippen LogP contribution in [-0.2, 0) is 14.3 Å². The monoisotopic (exact) mass is 444 g/mol. The number of carbonyl (C=O) groups is 2. The van der Waals surface area contributed by atoms with Gasteiger partial charge in [0.05, 0.1) is 24.9 Å². The first-order valence-corrected chi connectivity index (χ1v) is 10.4. The van der Waals surface area contributed by atoms with E-state index in [0.29, 0.717) is 18.8 Å². The van der Waals surface area contributed by atoms with Crippen molar-refractivity contribution in [2.45, 2.75) is 56.9 Å². The number of hydrogen-bond donors (Lipinski definition) is 1. The van der Waals surface area contributed by atoms with E-state index >= 15 is 0 Å². The van der Waals surface area contributed by atoms with Crippen LogP contribution in [0.1, 0.15) is 48.3 Å². The molecule has 0 bridgehead atoms. The Morgan fingerprint density at radius 3 is 2.68 bits per heavy atom. The molecule has 1 aromatic heterocycles. The van der Waals surface area contributed by atoms with Crippen LogP contribution in [0.25, 0.3) is 0 Å². The molecular formula is C21H27F3N2O5. The fourth-order valence-corrected chi connectivity index (χ4v) is 3.85. The normalized spacial score (nSPS) is 25.8. The molecule has 172 valence electrons. The minimum atomic E-state index is -5.08. The van der Waals surface area contributed by atoms with Crippen molar-refractivity contribution in [3.8, 4) is 0 Å². The summed E-state index contributed by atoms with van der Waals surface area (Å²) in [6.45, 7) is 4.89. The highest BCUT2D eigenvalue weighted by Gasteiger charge is 2.45. The lowest BCUT2D eigenvalue weighted by atomic mass is 9.89. The lowest BCUT2D eigenvalue weighted by Crippen LogP contribution is -2.50. The summed E-state index contributed by atoms with van der Waals surface area (Å²) in [7, 11) is 0. The summed E-state index contributed by atoms with van der Waals surface area (Å²) in [6, 6.07) is 5.60. The maximum atomic E-state index is 12.8. The second-order valence-corrected chi connectivity index (χ2v) is 8.39. The van der Waals surface area contributed by atoms with E-state index < -0.39 is 12.1 Å². The predicted octanol–water partition coefficient (Wildman–Crippen LogP) is 3.21. The Hall–Kier alpha value is -2.20. The van der Waals surface area contributed by atoms with E-state index in [1.54, 1.807) is 6.07 Å². The summed E-state index contributed by atoms with van der Waals surface area (Å²) in [4.78, 5) is 28.0. The first kappa shape index (κ1) is 23.5. The Morgan fingerprint density at radius 2 is 2.06 bits per heavy atom. The SMILES string of the molecule is Cc1cccc(C(=O)N2CCC[C@]3(C[C@@H](OCC4CC4)CO3)C2)n1.O=C(O)C(F)(F)F. The smallest absolute Gasteiger partial charge is 0.475 e. The first-order valence-electron chi connectivity index (χ1n) is 10.4. The number of ether oxygens (including phenoxy) is 2. The van der Waals surface area contributed by atoms with E-state index in [0.717, 1.165) is 44.0 Å². The first-order chi connectivity index (χ1) is 14.6. The Labute approximate surface area is 178 Å². The molecule has 7 nitrogen and oxygen atoms in total. The number of aromatic nitrogens is 1. The van der Waals surface area contributed by atoms with Gasteiger partial charge in [-0.05, 0) is 50.7 Å². The number of carboxylic acid groups (broad SMARTS) is 1. The van der Waals surface area contributed by atoms with E-state index in [1.165, 1.54) is 12.8 Å². The van der Waals surface area contributed by atoms with Gasteiger partial charge in [0.2, 0.25) is 0 Å². The molecule has 0 aromatic carbocycles. The molecule has 3 fully saturated rings. The number of likely N-dealkylation sites (tertiary alicyclic amines) is 1. The van der Waals surface area contributed by atoms with Gasteiger partial charge < -0.3 is 19.5 Å². The molecule has 1 saturated carbocycles. The van der Waals surface area contributed by atoms with Gasteiger partial charge in [0.1, 0.15) is 5.69 Å². The van der Waals surface area contributed by atoms with Gasteiger partial charge in [-0.3, -0.25) is 4.79 Å². The van der Waals surface area contributed by atoms with Crippen molar-refractivity contribution in [2.75, 3.05) is 26.3 Å². The van der Waals surface area contributed by atoms with Crippen LogP contribution >= 0.6 is 0 Å². The number of piperidine rings is 1. The molecule has 2 saturated heterocycles. The van der Waals surface area contributed by atoms with Crippen LogP contribution in [0.3, 0.4) is 0 Å². The van der Waals surface area contributed by atoms with Crippen LogP contribution in [0.4, 0.5) is 13.2 Å². The Bertz CT molecular complexity index is 799. The fraction of sp³-hybridized carbons (Fsp3) is 0.667. The van der Waals surface area contributed by atoms with Gasteiger partial charge in [-0.15, -0.1) is 0 Å². The molecule has 1 amide bonds. The number of amides is 1. The number of halogens is 3. The molecule has 0 radical (unpaired) electrons. The summed E-state index contributed by atoms with van der Waals surface area (Å²) in [6.07, 6.45) is 0.631. The Morgan fingerprint density at radius 1 is 1.35 bits per heavy atom. The minimum absolute atomic E-state index is 0.0173. The molecule has 2 aliphatic heterocycles. The topological polar surface area (TPSA) is 89.0 Å². The number of nitrogens with zero attached hydrogens (tertiary/aromatic N) is 2. The van der Waals surface area contributed by atoms with Crippen LogP contribution < -0.4 is 0 Å². The number of rotatable bonds is 4. The number of aryl methyl sites for hydroxylation is 1. The number of carboxylic acids is 1. The van der Waals surface area contributed by atoms with Gasteiger partial charge in [-0.1, -0.05) is 6.07 Å². The van der Waals surface area contributed by atoms with Crippen molar-refractivity contribution in [2.24, 2.45) is 5.92 Å². The van der Waals surface area contributed by atoms with E-state index in [9.17, 15) is 18.0 Å². The van der Waals surface area contributed by atoms with Gasteiger partial charge in [0.15, 0.2) is 0 Å². The third-order valence-electron chi connectivity index (χ3n) is 5.62. The molecule has 31 heavy (non-hydrogen) atoms. The standard InChI is InChI=1S/C19H26N2O3.C2HF3O2/c1-14-4-2-5-17(20-14)18(22)21-9-3-8-19(13-21)10-16(12-24-19)23-11-15-6-7-15;3-2(4,5)1(6)7/h2,4-5,15-16H,3,6-13H2,1H3;(H,6,7)/t16-,19+;/m1./s1. The lowest BCUT2D eigenvalue weighted by Gasteiger charge is -2.39. The fourth-order valence-electron chi connectivity index (χ4n) is 3.85. The number of aliphatic carboxylic acids is 1. The molecule has 2 atom stereocenters. The summed E-state index contributed by atoms with van der Waals surface area (Å²) in [5.41, 5.74) is 1.19. The lowest BCUT2D eigenvalue weighted by molar-refractivity contribution is -0.192. The number of alkyl halides is 3. The molecule has 4 rings (SSSR count). The number of hydrogen-bond acceptors (Lipinski definition) is 5. The molecule has 3 heterocycles. The maximum Gasteiger partial charge on any atom is 0.490 e. The zero-order valence-electron chi connectivity index (χ0n) is 17.4. The third kappa shape index (κ3) is 6.64. The van der Waals surface area contributed by atoms with E-state index in [-0.39, 0.29) is 17.6 Å². The van der Waals surface area contributed by atoms with E-state index in [2.05, 4.69) is 4.98 Å². The molecule has 1 aliphatic carbocycles. The molecule has 1 N–H and O–H groups in total. The highest BCUT2D eigenvalue weighted by atomic mass is 19.4. The summed E-state index contributed by atoms with van der Waals surface area (Å²) in [5.74, 6) is -1.96. The molecule has 10 heteroatoms. The van der Waals surface area contributed by atoms with Crippen molar-refractivity contribution in [3.63, 3.8) is 0 Å². The van der Waals surface area contributed by atoms with Crippen molar-refractivity contribution < 1.29 is 37.3 Å². The van der Waals surface area contributed by atoms with Gasteiger partial charge in [0.25, 0.3) is 5.91 Å². The molecule has 1 spiro atoms. The van der Waals surface area contributed by atoms with Crippen LogP contribution in [0.2, 0.25) is 0 Å². The predicted molar refractivity (Wildman–Crippen MR) is 104 cm³/mol. The summed E-state index contributed by atoms with van der Waals surface area (Å²) in [5, 5.41) is 7.12. The zero-order chi connectivity index (χ0) is 22.6. The summed E-state index contributed by atoms with van der Waals surface area (Å²) < 4.78 is 43.9. The van der Waals surface area contributed by atoms with Crippen LogP contribution in [0.5, 0.6) is 0 Å². The molecule has 3 aliphatic rings. The average molecular weight is 444 g/mol. The van der Waals surface area contributed by atoms with Crippen LogP contribution in [-0.4, -0.2) is 71.1 Å². The molecule has 0 unspecified atom stereocenters. The Kier molecular flexibility index (Phi) is 7.20. The quantitative estimate of drug-likeness (QED) is 0.767. The maximum absolute atomic E-state index is 12.8. The highest BCUT2D eigenvalue weighted by molar-refractivity contribution is 5.92. The van der Waals surface area contributed by atoms with Gasteiger partial charge >= 0.3 is 12.1 Å². The third-order valence-corrected chi connectivity index (χ3v) is 5.62. The van der Waals surface area contributed by atoms with Crippen molar-refractivity contribution >= 4 is 11.9 Å². The van der Waals surface area contributed by atoms with Crippen molar-refractivity contribution in [1.29, 1.82) is 0 Å². The molecule has 1 aromatic rings. The summed E-state index contributed by atoms with van der Waals surface area (Å²) >= 11 is 0. The van der Waals surface area contributed by atoms with Crippen molar-refractivity contribution in [3.05, 3.63) is 29.6 Å². The van der Waals surface area contributed by atoms with Crippen LogP contribution in [0, 0.1) is 12.8 Å². The Balaban J connectivity index is 0.000000339. The average Bonchev–Trinajstić information content (AvgIpc) is 3.47. The van der Waals surface area contributed by atoms with Gasteiger partial charge in [-0.25, -0.2) is 9.78 Å². The largest absolute Gasteiger partial charge is 0.490 e. The van der Waals surface area contributed by atoms with E-state index in [4.69, 9.17) is 19.4 Å². The van der Waals surface area contributed by atoms with Gasteiger partial charge in [-0.2, -0.15) is 13.2 Å². The van der Waals surface area contributed by atoms with E-state index in [1.807, 2.05) is 24.0 Å². The highest BCUT2D eigenvalue weighted by Crippen LogP contribution is 2.37. The zero-order valence-corrected chi connectivity index (χ0v) is 17.4. The number of carbonyl (C=O) groups excluding carboxylic acids is 1. The minimum Gasteiger partial charge on any atom is -0.475 e. The van der Waals surface area contributed by atoms with Crippen molar-refractivity contribution in [1.82, 2.24) is 9.88 Å². The second-order valence-electron chi connectivity index (χ2n) is 8.39. The second kappa shape index (κ2) is 9.52. The van der Waals surface area contributed by atoms with Crippen LogP contribution in [0.15, 0.2) is 18.2 Å². The molecular weight excluding hydrogens is 417 g/mol. The number of pyridine rings is 1. The van der Waals surface area contributed by atoms with Gasteiger partial charge in [0, 0.05) is 25.3 Å².